The second-order valence-corrected chi connectivity index (χ2v) is 8.43. The minimum atomic E-state index is -0.507. The number of ether oxygens (including phenoxy) is 1. The van der Waals surface area contributed by atoms with Gasteiger partial charge in [0.15, 0.2) is 23.3 Å². The van der Waals surface area contributed by atoms with Crippen molar-refractivity contribution in [1.82, 2.24) is 14.5 Å². The van der Waals surface area contributed by atoms with Crippen LogP contribution in [0.3, 0.4) is 0 Å². The number of aromatic nitrogens is 3. The van der Waals surface area contributed by atoms with E-state index in [1.54, 1.807) is 29.6 Å². The molecule has 0 N–H and O–H groups in total. The summed E-state index contributed by atoms with van der Waals surface area (Å²) in [6.45, 7) is 2.78. The van der Waals surface area contributed by atoms with Crippen molar-refractivity contribution < 1.29 is 13.9 Å². The Kier molecular flexibility index (Phi) is 8.06. The van der Waals surface area contributed by atoms with Crippen molar-refractivity contribution in [2.75, 3.05) is 18.1 Å². The number of carbonyl (C=O) groups is 1. The maximum absolute atomic E-state index is 13.9. The first kappa shape index (κ1) is 24.0. The zero-order chi connectivity index (χ0) is 21.8. The Bertz CT molecular complexity index is 1200. The fourth-order valence-electron chi connectivity index (χ4n) is 3.19. The van der Waals surface area contributed by atoms with Gasteiger partial charge >= 0.3 is 0 Å². The van der Waals surface area contributed by atoms with Crippen LogP contribution in [0.25, 0.3) is 10.2 Å². The number of hydrogen-bond donors (Lipinski definition) is 0. The number of carbonyl (C=O) groups excluding carboxylic acids is 1. The summed E-state index contributed by atoms with van der Waals surface area (Å²) in [6, 6.07) is 9.71. The van der Waals surface area contributed by atoms with Gasteiger partial charge in [0.05, 0.1) is 16.5 Å². The molecule has 32 heavy (non-hydrogen) atoms. The van der Waals surface area contributed by atoms with E-state index in [9.17, 15) is 9.18 Å². The zero-order valence-corrected chi connectivity index (χ0v) is 19.6. The fourth-order valence-corrected chi connectivity index (χ4v) is 4.66. The number of rotatable bonds is 8. The molecule has 2 aromatic heterocycles. The number of aryl methyl sites for hydroxylation is 2. The van der Waals surface area contributed by atoms with Gasteiger partial charge in [0.25, 0.3) is 5.91 Å². The lowest BCUT2D eigenvalue weighted by molar-refractivity contribution is -0.120. The second-order valence-electron chi connectivity index (χ2n) is 6.98. The van der Waals surface area contributed by atoms with Gasteiger partial charge in [0.2, 0.25) is 0 Å². The molecule has 0 fully saturated rings. The molecule has 0 aliphatic carbocycles. The van der Waals surface area contributed by atoms with Crippen LogP contribution in [0, 0.1) is 12.7 Å². The van der Waals surface area contributed by atoms with Crippen LogP contribution in [0.15, 0.2) is 55.1 Å². The van der Waals surface area contributed by atoms with E-state index in [0.717, 1.165) is 15.8 Å². The zero-order valence-electron chi connectivity index (χ0n) is 17.2. The molecule has 4 rings (SSSR count). The Hall–Kier alpha value is -2.68. The molecule has 0 spiro atoms. The highest BCUT2D eigenvalue weighted by Gasteiger charge is 2.21. The number of thiazole rings is 1. The molecule has 2 aromatic carbocycles. The molecule has 1 amide bonds. The summed E-state index contributed by atoms with van der Waals surface area (Å²) in [7, 11) is 0. The highest BCUT2D eigenvalue weighted by atomic mass is 35.5. The summed E-state index contributed by atoms with van der Waals surface area (Å²) < 4.78 is 22.2. The van der Waals surface area contributed by atoms with E-state index >= 15 is 0 Å². The Balaban J connectivity index is 0.00000289. The van der Waals surface area contributed by atoms with Crippen molar-refractivity contribution in [2.45, 2.75) is 19.9 Å². The van der Waals surface area contributed by atoms with Crippen molar-refractivity contribution >= 4 is 56.6 Å². The molecule has 0 saturated carbocycles. The van der Waals surface area contributed by atoms with Gasteiger partial charge in [-0.05, 0) is 43.2 Å². The van der Waals surface area contributed by atoms with Crippen LogP contribution in [-0.4, -0.2) is 33.6 Å². The Morgan fingerprint density at radius 3 is 2.88 bits per heavy atom. The molecule has 0 aliphatic rings. The maximum Gasteiger partial charge on any atom is 0.266 e. The molecule has 0 radical (unpaired) electrons. The predicted molar refractivity (Wildman–Crippen MR) is 128 cm³/mol. The first-order chi connectivity index (χ1) is 15.0. The maximum atomic E-state index is 13.9. The third-order valence-corrected chi connectivity index (χ3v) is 5.96. The largest absolute Gasteiger partial charge is 0.481 e. The number of amides is 1. The Labute approximate surface area is 200 Å². The Morgan fingerprint density at radius 1 is 1.31 bits per heavy atom. The van der Waals surface area contributed by atoms with E-state index in [2.05, 4.69) is 9.97 Å². The third kappa shape index (κ3) is 5.56. The van der Waals surface area contributed by atoms with Crippen molar-refractivity contribution in [1.29, 1.82) is 0 Å². The molecule has 4 aromatic rings. The van der Waals surface area contributed by atoms with E-state index in [1.165, 1.54) is 23.5 Å². The second kappa shape index (κ2) is 10.8. The minimum Gasteiger partial charge on any atom is -0.481 e. The standard InChI is InChI=1S/C22H20ClFN4O2S.ClH/c1-15-11-16(23)12-19-21(15)26-22(31-19)28(9-4-8-27-10-7-25-14-27)20(29)13-30-18-6-3-2-5-17(18)24;/h2-3,5-7,10-12,14H,4,8-9,13H2,1H3;1H. The van der Waals surface area contributed by atoms with Gasteiger partial charge in [0.1, 0.15) is 0 Å². The van der Waals surface area contributed by atoms with Crippen LogP contribution >= 0.6 is 35.3 Å². The van der Waals surface area contributed by atoms with Gasteiger partial charge in [-0.15, -0.1) is 12.4 Å². The molecular weight excluding hydrogens is 474 g/mol. The number of hydrogen-bond acceptors (Lipinski definition) is 5. The van der Waals surface area contributed by atoms with Crippen molar-refractivity contribution in [3.05, 3.63) is 71.5 Å². The van der Waals surface area contributed by atoms with Crippen molar-refractivity contribution in [2.24, 2.45) is 0 Å². The van der Waals surface area contributed by atoms with E-state index in [1.807, 2.05) is 29.8 Å². The van der Waals surface area contributed by atoms with Crippen LogP contribution in [0.4, 0.5) is 9.52 Å². The SMILES string of the molecule is Cc1cc(Cl)cc2sc(N(CCCn3ccnc3)C(=O)COc3ccccc3F)nc12.Cl. The molecular formula is C22H21Cl2FN4O2S. The molecule has 6 nitrogen and oxygen atoms in total. The van der Waals surface area contributed by atoms with Crippen LogP contribution < -0.4 is 9.64 Å². The van der Waals surface area contributed by atoms with Gasteiger partial charge in [0, 0.05) is 30.5 Å². The summed E-state index contributed by atoms with van der Waals surface area (Å²) >= 11 is 7.58. The minimum absolute atomic E-state index is 0. The van der Waals surface area contributed by atoms with E-state index in [-0.39, 0.29) is 30.7 Å². The quantitative estimate of drug-likeness (QED) is 0.323. The van der Waals surface area contributed by atoms with Crippen LogP contribution in [-0.2, 0) is 11.3 Å². The molecule has 2 heterocycles. The number of anilines is 1. The highest BCUT2D eigenvalue weighted by Crippen LogP contribution is 2.33. The first-order valence-corrected chi connectivity index (χ1v) is 10.9. The molecule has 0 aliphatic heterocycles. The number of nitrogens with zero attached hydrogens (tertiary/aromatic N) is 4. The molecule has 0 atom stereocenters. The van der Waals surface area contributed by atoms with Gasteiger partial charge in [-0.1, -0.05) is 35.1 Å². The number of halogens is 3. The average molecular weight is 495 g/mol. The van der Waals surface area contributed by atoms with Gasteiger partial charge in [-0.2, -0.15) is 0 Å². The molecule has 10 heteroatoms. The molecule has 0 saturated heterocycles. The summed E-state index contributed by atoms with van der Waals surface area (Å²) in [6.07, 6.45) is 6.01. The van der Waals surface area contributed by atoms with Gasteiger partial charge in [-0.3, -0.25) is 9.69 Å². The van der Waals surface area contributed by atoms with Crippen molar-refractivity contribution in [3.63, 3.8) is 0 Å². The van der Waals surface area contributed by atoms with Crippen LogP contribution in [0.2, 0.25) is 5.02 Å². The molecule has 0 unspecified atom stereocenters. The molecule has 0 bridgehead atoms. The van der Waals surface area contributed by atoms with Crippen LogP contribution in [0.1, 0.15) is 12.0 Å². The topological polar surface area (TPSA) is 60.2 Å². The van der Waals surface area contributed by atoms with E-state index < -0.39 is 5.82 Å². The summed E-state index contributed by atoms with van der Waals surface area (Å²) in [4.78, 5) is 23.4. The Morgan fingerprint density at radius 2 is 2.12 bits per heavy atom. The van der Waals surface area contributed by atoms with Gasteiger partial charge < -0.3 is 9.30 Å². The number of fused-ring (bicyclic) bond motifs is 1. The van der Waals surface area contributed by atoms with Gasteiger partial charge in [-0.25, -0.2) is 14.4 Å². The third-order valence-electron chi connectivity index (χ3n) is 4.72. The first-order valence-electron chi connectivity index (χ1n) is 9.71. The lowest BCUT2D eigenvalue weighted by atomic mass is 10.2. The lowest BCUT2D eigenvalue weighted by Gasteiger charge is -2.20. The average Bonchev–Trinajstić information content (AvgIpc) is 3.40. The van der Waals surface area contributed by atoms with E-state index in [0.29, 0.717) is 29.7 Å². The predicted octanol–water partition coefficient (Wildman–Crippen LogP) is 5.52. The number of para-hydroxylation sites is 1. The normalized spacial score (nSPS) is 10.7. The fraction of sp³-hybridized carbons (Fsp3) is 0.227. The monoisotopic (exact) mass is 494 g/mol. The number of imidazole rings is 1. The lowest BCUT2D eigenvalue weighted by Crippen LogP contribution is -2.36. The summed E-state index contributed by atoms with van der Waals surface area (Å²) in [5, 5.41) is 1.19. The summed E-state index contributed by atoms with van der Waals surface area (Å²) in [5.74, 6) is -0.759. The number of benzene rings is 2. The van der Waals surface area contributed by atoms with Crippen molar-refractivity contribution in [3.8, 4) is 5.75 Å². The van der Waals surface area contributed by atoms with E-state index in [4.69, 9.17) is 16.3 Å². The van der Waals surface area contributed by atoms with Crippen LogP contribution in [0.5, 0.6) is 5.75 Å². The summed E-state index contributed by atoms with van der Waals surface area (Å²) in [5.41, 5.74) is 1.75. The highest BCUT2D eigenvalue weighted by molar-refractivity contribution is 7.22. The molecule has 168 valence electrons. The smallest absolute Gasteiger partial charge is 0.266 e.